The molecule has 1 aliphatic carbocycles. The van der Waals surface area contributed by atoms with Crippen LogP contribution in [0, 0.1) is 5.92 Å². The zero-order chi connectivity index (χ0) is 23.6. The maximum absolute atomic E-state index is 13.0. The van der Waals surface area contributed by atoms with E-state index >= 15 is 0 Å². The minimum Gasteiger partial charge on any atom is -0.381 e. The van der Waals surface area contributed by atoms with Crippen LogP contribution in [0.15, 0.2) is 78.5 Å². The number of amides is 3. The molecule has 0 spiro atoms. The van der Waals surface area contributed by atoms with E-state index in [1.165, 1.54) is 4.90 Å². The van der Waals surface area contributed by atoms with E-state index in [1.54, 1.807) is 6.07 Å². The number of nitrogens with one attached hydrogen (secondary N) is 2. The molecule has 0 saturated carbocycles. The van der Waals surface area contributed by atoms with Gasteiger partial charge in [-0.15, -0.1) is 0 Å². The Balaban J connectivity index is 1.49. The van der Waals surface area contributed by atoms with Crippen LogP contribution in [0.5, 0.6) is 0 Å². The SMILES string of the molecule is [B][C@@]1(N2Cc3cc(NCC4=CC(=C)/C=C\C=C/C(C)C=C4)ccc3C2=O)CCC(=O)NC1=O. The van der Waals surface area contributed by atoms with E-state index in [2.05, 4.69) is 42.4 Å². The molecule has 1 aromatic rings. The van der Waals surface area contributed by atoms with Gasteiger partial charge in [0.25, 0.3) is 5.91 Å². The molecule has 3 aliphatic rings. The second kappa shape index (κ2) is 9.10. The Hall–Kier alpha value is -3.61. The summed E-state index contributed by atoms with van der Waals surface area (Å²) in [5.41, 5.74) is 2.63. The van der Waals surface area contributed by atoms with Crippen LogP contribution in [0.1, 0.15) is 35.7 Å². The molecule has 4 rings (SSSR count). The van der Waals surface area contributed by atoms with Crippen molar-refractivity contribution in [1.82, 2.24) is 10.2 Å². The molecule has 0 aromatic heterocycles. The van der Waals surface area contributed by atoms with Crippen molar-refractivity contribution in [3.05, 3.63) is 89.6 Å². The van der Waals surface area contributed by atoms with Crippen molar-refractivity contribution < 1.29 is 14.4 Å². The Morgan fingerprint density at radius 1 is 1.21 bits per heavy atom. The Bertz CT molecular complexity index is 1150. The van der Waals surface area contributed by atoms with Crippen LogP contribution in [0.4, 0.5) is 5.69 Å². The fourth-order valence-corrected chi connectivity index (χ4v) is 4.13. The van der Waals surface area contributed by atoms with Gasteiger partial charge in [0.15, 0.2) is 0 Å². The summed E-state index contributed by atoms with van der Waals surface area (Å²) in [6, 6.07) is 5.51. The molecule has 2 aliphatic heterocycles. The Kier molecular flexibility index (Phi) is 6.23. The largest absolute Gasteiger partial charge is 0.381 e. The van der Waals surface area contributed by atoms with Gasteiger partial charge in [-0.1, -0.05) is 56.0 Å². The molecule has 3 amide bonds. The zero-order valence-corrected chi connectivity index (χ0v) is 18.6. The third-order valence-electron chi connectivity index (χ3n) is 6.09. The zero-order valence-electron chi connectivity index (χ0n) is 18.6. The minimum absolute atomic E-state index is 0.104. The lowest BCUT2D eigenvalue weighted by Crippen LogP contribution is -2.63. The van der Waals surface area contributed by atoms with Gasteiger partial charge < -0.3 is 10.2 Å². The summed E-state index contributed by atoms with van der Waals surface area (Å²) in [7, 11) is 6.30. The molecule has 7 heteroatoms. The smallest absolute Gasteiger partial charge is 0.254 e. The van der Waals surface area contributed by atoms with Crippen molar-refractivity contribution in [3.8, 4) is 0 Å². The average molecular weight is 439 g/mol. The van der Waals surface area contributed by atoms with Gasteiger partial charge in [0.2, 0.25) is 11.8 Å². The normalized spacial score (nSPS) is 27.0. The number of piperidine rings is 1. The Morgan fingerprint density at radius 2 is 2.03 bits per heavy atom. The van der Waals surface area contributed by atoms with Gasteiger partial charge in [-0.3, -0.25) is 19.7 Å². The molecule has 166 valence electrons. The number of hydrogen-bond donors (Lipinski definition) is 2. The molecule has 0 bridgehead atoms. The number of carbonyl (C=O) groups excluding carboxylic acids is 3. The summed E-state index contributed by atoms with van der Waals surface area (Å²) in [5, 5.41) is 5.66. The van der Waals surface area contributed by atoms with E-state index in [0.717, 1.165) is 22.4 Å². The number of anilines is 1. The highest BCUT2D eigenvalue weighted by Crippen LogP contribution is 2.33. The fourth-order valence-electron chi connectivity index (χ4n) is 4.13. The molecule has 2 atom stereocenters. The highest BCUT2D eigenvalue weighted by Gasteiger charge is 2.47. The fraction of sp³-hybridized carbons (Fsp3) is 0.269. The van der Waals surface area contributed by atoms with Gasteiger partial charge in [-0.05, 0) is 47.2 Å². The molecule has 1 aromatic carbocycles. The molecule has 33 heavy (non-hydrogen) atoms. The predicted molar refractivity (Wildman–Crippen MR) is 129 cm³/mol. The summed E-state index contributed by atoms with van der Waals surface area (Å²) in [4.78, 5) is 38.3. The van der Waals surface area contributed by atoms with Crippen LogP contribution < -0.4 is 10.6 Å². The lowest BCUT2D eigenvalue weighted by atomic mass is 9.70. The lowest BCUT2D eigenvalue weighted by molar-refractivity contribution is -0.138. The van der Waals surface area contributed by atoms with Crippen molar-refractivity contribution in [2.24, 2.45) is 5.92 Å². The second-order valence-electron chi connectivity index (χ2n) is 8.67. The molecule has 1 unspecified atom stereocenters. The van der Waals surface area contributed by atoms with Crippen molar-refractivity contribution >= 4 is 31.3 Å². The van der Waals surface area contributed by atoms with Crippen molar-refractivity contribution in [2.75, 3.05) is 11.9 Å². The van der Waals surface area contributed by atoms with Crippen LogP contribution in [0.3, 0.4) is 0 Å². The first-order valence-electron chi connectivity index (χ1n) is 11.0. The first-order valence-corrected chi connectivity index (χ1v) is 11.0. The summed E-state index contributed by atoms with van der Waals surface area (Å²) < 4.78 is 0. The van der Waals surface area contributed by atoms with Gasteiger partial charge in [-0.25, -0.2) is 0 Å². The maximum atomic E-state index is 13.0. The summed E-state index contributed by atoms with van der Waals surface area (Å²) >= 11 is 0. The number of benzene rings is 1. The number of imide groups is 1. The highest BCUT2D eigenvalue weighted by molar-refractivity contribution is 6.32. The van der Waals surface area contributed by atoms with Crippen LogP contribution in [0.2, 0.25) is 0 Å². The monoisotopic (exact) mass is 439 g/mol. The molecule has 2 N–H and O–H groups in total. The van der Waals surface area contributed by atoms with Gasteiger partial charge in [0.1, 0.15) is 7.85 Å². The van der Waals surface area contributed by atoms with Gasteiger partial charge in [-0.2, -0.15) is 0 Å². The number of rotatable bonds is 4. The summed E-state index contributed by atoms with van der Waals surface area (Å²) in [6.07, 6.45) is 14.6. The minimum atomic E-state index is -1.53. The highest BCUT2D eigenvalue weighted by atomic mass is 16.2. The lowest BCUT2D eigenvalue weighted by Gasteiger charge is -2.40. The standard InChI is InChI=1S/C26H26BN3O3/c1-17-5-3-4-6-18(2)13-19(8-7-17)15-28-21-9-10-22-20(14-21)16-30(24(22)32)26(27)12-11-23(31)29-25(26)33/h3-10,13-14,17,28H,2,11-12,15-16H2,1H3,(H,29,31,33)/b5-3-,6-4-,8-7?,19-13?/t17?,26-/m1/s1. The molecular formula is C26H26BN3O3. The topological polar surface area (TPSA) is 78.5 Å². The van der Waals surface area contributed by atoms with Gasteiger partial charge in [0, 0.05) is 30.8 Å². The third-order valence-corrected chi connectivity index (χ3v) is 6.09. The molecule has 2 radical (unpaired) electrons. The summed E-state index contributed by atoms with van der Waals surface area (Å²) in [5.74, 6) is -0.987. The molecule has 2 heterocycles. The van der Waals surface area contributed by atoms with E-state index in [4.69, 9.17) is 7.85 Å². The van der Waals surface area contributed by atoms with Gasteiger partial charge >= 0.3 is 0 Å². The number of allylic oxidation sites excluding steroid dienone is 7. The number of nitrogens with zero attached hydrogens (tertiary/aromatic N) is 1. The maximum Gasteiger partial charge on any atom is 0.254 e. The van der Waals surface area contributed by atoms with Crippen LogP contribution in [-0.2, 0) is 16.1 Å². The Morgan fingerprint density at radius 3 is 2.82 bits per heavy atom. The summed E-state index contributed by atoms with van der Waals surface area (Å²) in [6.45, 7) is 7.00. The molecule has 6 nitrogen and oxygen atoms in total. The van der Waals surface area contributed by atoms with E-state index in [9.17, 15) is 14.4 Å². The van der Waals surface area contributed by atoms with Crippen molar-refractivity contribution in [2.45, 2.75) is 31.7 Å². The number of fused-ring (bicyclic) bond motifs is 1. The first-order chi connectivity index (χ1) is 15.8. The quantitative estimate of drug-likeness (QED) is 0.558. The number of carbonyl (C=O) groups is 3. The molecular weight excluding hydrogens is 413 g/mol. The Labute approximate surface area is 195 Å². The van der Waals surface area contributed by atoms with E-state index in [0.29, 0.717) is 18.0 Å². The van der Waals surface area contributed by atoms with E-state index < -0.39 is 11.3 Å². The molecule has 1 fully saturated rings. The first kappa shape index (κ1) is 22.6. The van der Waals surface area contributed by atoms with Crippen LogP contribution >= 0.6 is 0 Å². The van der Waals surface area contributed by atoms with Crippen LogP contribution in [-0.4, -0.2) is 42.5 Å². The predicted octanol–water partition coefficient (Wildman–Crippen LogP) is 3.16. The number of hydrogen-bond acceptors (Lipinski definition) is 4. The van der Waals surface area contributed by atoms with Crippen LogP contribution in [0.25, 0.3) is 0 Å². The van der Waals surface area contributed by atoms with Gasteiger partial charge in [0.05, 0.1) is 5.44 Å². The van der Waals surface area contributed by atoms with Crippen molar-refractivity contribution in [3.63, 3.8) is 0 Å². The van der Waals surface area contributed by atoms with E-state index in [-0.39, 0.29) is 31.2 Å². The molecule has 1 saturated heterocycles. The third kappa shape index (κ3) is 4.77. The van der Waals surface area contributed by atoms with E-state index in [1.807, 2.05) is 36.4 Å². The second-order valence-corrected chi connectivity index (χ2v) is 8.67. The van der Waals surface area contributed by atoms with Crippen molar-refractivity contribution in [1.29, 1.82) is 0 Å². The average Bonchev–Trinajstić information content (AvgIpc) is 3.12.